The molecule has 0 heterocycles. The molecule has 0 amide bonds. The zero-order valence-corrected chi connectivity index (χ0v) is 21.7. The van der Waals surface area contributed by atoms with Crippen molar-refractivity contribution < 1.29 is 34.4 Å². The molecule has 3 saturated carbocycles. The molecule has 0 bridgehead atoms. The van der Waals surface area contributed by atoms with Crippen molar-refractivity contribution in [2.24, 2.45) is 0 Å². The Balaban J connectivity index is 1.87. The fraction of sp³-hybridized carbons (Fsp3) is 0.760. The second kappa shape index (κ2) is 10.6. The van der Waals surface area contributed by atoms with Gasteiger partial charge in [0.1, 0.15) is 5.75 Å². The highest BCUT2D eigenvalue weighted by Crippen LogP contribution is 2.48. The molecule has 198 valence electrons. The van der Waals surface area contributed by atoms with E-state index in [1.54, 1.807) is 0 Å². The molecule has 3 aliphatic rings. The van der Waals surface area contributed by atoms with Crippen LogP contribution >= 0.6 is 0 Å². The summed E-state index contributed by atoms with van der Waals surface area (Å²) in [5.41, 5.74) is 2.31. The second-order valence-electron chi connectivity index (χ2n) is 10.5. The van der Waals surface area contributed by atoms with Crippen LogP contribution < -0.4 is 4.18 Å². The summed E-state index contributed by atoms with van der Waals surface area (Å²) >= 11 is 0. The van der Waals surface area contributed by atoms with Gasteiger partial charge in [-0.25, -0.2) is 0 Å². The summed E-state index contributed by atoms with van der Waals surface area (Å²) in [5.74, 6) is 0.114. The zero-order chi connectivity index (χ0) is 25.3. The maximum Gasteiger partial charge on any atom is 0.506 e. The number of benzene rings is 1. The van der Waals surface area contributed by atoms with E-state index in [1.165, 1.54) is 6.42 Å². The normalized spacial score (nSPS) is 22.3. The molecule has 10 heteroatoms. The van der Waals surface area contributed by atoms with E-state index in [2.05, 4.69) is 0 Å². The van der Waals surface area contributed by atoms with Crippen LogP contribution in [0.5, 0.6) is 5.75 Å². The molecule has 35 heavy (non-hydrogen) atoms. The molecule has 6 nitrogen and oxygen atoms in total. The SMILES string of the molecule is O=S(=O)(O)C(F)(F)S(=O)(=O)Oc1c(C2CCCCC2)cc(C2CCCCC2)cc1C1CCCCC1. The molecule has 1 aromatic carbocycles. The van der Waals surface area contributed by atoms with Gasteiger partial charge in [-0.05, 0) is 73.0 Å². The van der Waals surface area contributed by atoms with Crippen molar-refractivity contribution in [1.82, 2.24) is 0 Å². The van der Waals surface area contributed by atoms with E-state index in [0.29, 0.717) is 17.0 Å². The van der Waals surface area contributed by atoms with Crippen LogP contribution in [0.25, 0.3) is 0 Å². The Morgan fingerprint density at radius 2 is 1.06 bits per heavy atom. The lowest BCUT2D eigenvalue weighted by Crippen LogP contribution is -2.40. The summed E-state index contributed by atoms with van der Waals surface area (Å²) in [6.45, 7) is 0. The van der Waals surface area contributed by atoms with Crippen molar-refractivity contribution in [2.45, 2.75) is 119 Å². The van der Waals surface area contributed by atoms with E-state index < -0.39 is 24.8 Å². The first-order chi connectivity index (χ1) is 16.5. The largest absolute Gasteiger partial charge is 0.506 e. The smallest absolute Gasteiger partial charge is 0.377 e. The lowest BCUT2D eigenvalue weighted by molar-refractivity contribution is 0.154. The highest BCUT2D eigenvalue weighted by molar-refractivity contribution is 8.05. The Bertz CT molecular complexity index is 1060. The Labute approximate surface area is 207 Å². The van der Waals surface area contributed by atoms with Gasteiger partial charge in [-0.1, -0.05) is 69.9 Å². The van der Waals surface area contributed by atoms with Gasteiger partial charge in [0.05, 0.1) is 0 Å². The van der Waals surface area contributed by atoms with Crippen LogP contribution in [0.3, 0.4) is 0 Å². The van der Waals surface area contributed by atoms with E-state index in [1.807, 2.05) is 12.1 Å². The van der Waals surface area contributed by atoms with E-state index >= 15 is 0 Å². The van der Waals surface area contributed by atoms with Crippen LogP contribution in [0.2, 0.25) is 0 Å². The van der Waals surface area contributed by atoms with Gasteiger partial charge in [-0.2, -0.15) is 25.6 Å². The molecule has 0 spiro atoms. The summed E-state index contributed by atoms with van der Waals surface area (Å²) in [5, 5.41) is 0. The van der Waals surface area contributed by atoms with Crippen molar-refractivity contribution in [3.8, 4) is 5.75 Å². The quantitative estimate of drug-likeness (QED) is 0.299. The number of alkyl halides is 2. The maximum atomic E-state index is 14.4. The fourth-order valence-electron chi connectivity index (χ4n) is 6.19. The molecule has 0 radical (unpaired) electrons. The minimum atomic E-state index is -6.23. The summed E-state index contributed by atoms with van der Waals surface area (Å²) in [7, 11) is -12.2. The van der Waals surface area contributed by atoms with Crippen LogP contribution in [-0.2, 0) is 20.2 Å². The average molecular weight is 535 g/mol. The van der Waals surface area contributed by atoms with Gasteiger partial charge in [0.15, 0.2) is 0 Å². The van der Waals surface area contributed by atoms with Crippen molar-refractivity contribution in [3.05, 3.63) is 28.8 Å². The maximum absolute atomic E-state index is 14.4. The van der Waals surface area contributed by atoms with Gasteiger partial charge in [0.25, 0.3) is 0 Å². The first-order valence-corrected chi connectivity index (χ1v) is 15.8. The summed E-state index contributed by atoms with van der Waals surface area (Å²) in [6, 6.07) is 3.88. The molecular weight excluding hydrogens is 498 g/mol. The van der Waals surface area contributed by atoms with Crippen molar-refractivity contribution in [2.75, 3.05) is 0 Å². The van der Waals surface area contributed by atoms with Crippen LogP contribution in [0.1, 0.15) is 131 Å². The van der Waals surface area contributed by atoms with Gasteiger partial charge in [-0.15, -0.1) is 0 Å². The standard InChI is InChI=1S/C25H36F2O6S2/c26-25(27,34(28,29)30)35(31,32)33-24-22(19-12-6-2-7-13-19)16-21(18-10-4-1-5-11-18)17-23(24)20-14-8-3-9-15-20/h16-20H,1-15H2,(H,28,29,30). The number of rotatable bonds is 7. The second-order valence-corrected chi connectivity index (χ2v) is 13.8. The summed E-state index contributed by atoms with van der Waals surface area (Å²) < 4.78 is 85.1. The third-order valence-electron chi connectivity index (χ3n) is 8.12. The van der Waals surface area contributed by atoms with E-state index in [4.69, 9.17) is 8.74 Å². The van der Waals surface area contributed by atoms with Gasteiger partial charge in [-0.3, -0.25) is 4.55 Å². The van der Waals surface area contributed by atoms with E-state index in [9.17, 15) is 25.6 Å². The van der Waals surface area contributed by atoms with E-state index in [0.717, 1.165) is 95.5 Å². The molecule has 0 unspecified atom stereocenters. The molecule has 0 atom stereocenters. The molecule has 4 rings (SSSR count). The van der Waals surface area contributed by atoms with Crippen molar-refractivity contribution >= 4 is 20.2 Å². The van der Waals surface area contributed by atoms with Gasteiger partial charge < -0.3 is 4.18 Å². The van der Waals surface area contributed by atoms with Crippen LogP contribution in [0.15, 0.2) is 12.1 Å². The summed E-state index contributed by atoms with van der Waals surface area (Å²) in [4.78, 5) is 0. The highest BCUT2D eigenvalue weighted by Gasteiger charge is 2.60. The minimum absolute atomic E-state index is 0.0424. The topological polar surface area (TPSA) is 97.7 Å². The molecule has 0 aliphatic heterocycles. The molecule has 1 aromatic rings. The predicted octanol–water partition coefficient (Wildman–Crippen LogP) is 6.98. The molecule has 3 aliphatic carbocycles. The zero-order valence-electron chi connectivity index (χ0n) is 20.1. The van der Waals surface area contributed by atoms with E-state index in [-0.39, 0.29) is 17.6 Å². The molecule has 3 fully saturated rings. The minimum Gasteiger partial charge on any atom is -0.377 e. The van der Waals surface area contributed by atoms with Crippen LogP contribution in [-0.4, -0.2) is 26.0 Å². The Kier molecular flexibility index (Phi) is 8.13. The van der Waals surface area contributed by atoms with Gasteiger partial charge in [0, 0.05) is 0 Å². The number of hydrogen-bond acceptors (Lipinski definition) is 5. The molecule has 0 saturated heterocycles. The van der Waals surface area contributed by atoms with Crippen molar-refractivity contribution in [3.63, 3.8) is 0 Å². The Morgan fingerprint density at radius 3 is 1.43 bits per heavy atom. The average Bonchev–Trinajstić information content (AvgIpc) is 2.85. The highest BCUT2D eigenvalue weighted by atomic mass is 32.3. The van der Waals surface area contributed by atoms with Gasteiger partial charge >= 0.3 is 24.8 Å². The first kappa shape index (κ1) is 26.8. The monoisotopic (exact) mass is 534 g/mol. The lowest BCUT2D eigenvalue weighted by atomic mass is 9.75. The Morgan fingerprint density at radius 1 is 0.686 bits per heavy atom. The van der Waals surface area contributed by atoms with Gasteiger partial charge in [0.2, 0.25) is 0 Å². The fourth-order valence-corrected chi connectivity index (χ4v) is 7.83. The third kappa shape index (κ3) is 5.69. The molecular formula is C25H36F2O6S2. The molecule has 0 aromatic heterocycles. The number of hydrogen-bond donors (Lipinski definition) is 1. The Hall–Kier alpha value is -1.26. The third-order valence-corrected chi connectivity index (χ3v) is 10.9. The predicted molar refractivity (Wildman–Crippen MR) is 130 cm³/mol. The lowest BCUT2D eigenvalue weighted by Gasteiger charge is -2.32. The first-order valence-electron chi connectivity index (χ1n) is 13.0. The van der Waals surface area contributed by atoms with Crippen LogP contribution in [0, 0.1) is 0 Å². The number of halogens is 2. The molecule has 1 N–H and O–H groups in total. The van der Waals surface area contributed by atoms with Crippen LogP contribution in [0.4, 0.5) is 8.78 Å². The van der Waals surface area contributed by atoms with Crippen molar-refractivity contribution in [1.29, 1.82) is 0 Å². The summed E-state index contributed by atoms with van der Waals surface area (Å²) in [6.07, 6.45) is 14.6.